The Hall–Kier alpha value is -2.62. The zero-order valence-electron chi connectivity index (χ0n) is 19.7. The Morgan fingerprint density at radius 1 is 1.06 bits per heavy atom. The maximum Gasteiger partial charge on any atom is 0.254 e. The highest BCUT2D eigenvalue weighted by Crippen LogP contribution is 2.21. The first-order chi connectivity index (χ1) is 16.1. The molecule has 2 aromatic rings. The number of benzene rings is 2. The molecule has 2 amide bonds. The Labute approximate surface area is 219 Å². The van der Waals surface area contributed by atoms with Crippen LogP contribution < -0.4 is 10.6 Å². The van der Waals surface area contributed by atoms with Gasteiger partial charge in [-0.15, -0.1) is 24.0 Å². The molecule has 1 atom stereocenters. The summed E-state index contributed by atoms with van der Waals surface area (Å²) in [7, 11) is 0. The molecule has 2 heterocycles. The van der Waals surface area contributed by atoms with Crippen LogP contribution in [0.15, 0.2) is 59.6 Å². The van der Waals surface area contributed by atoms with E-state index in [0.29, 0.717) is 31.1 Å². The van der Waals surface area contributed by atoms with Gasteiger partial charge in [0.15, 0.2) is 5.96 Å². The SMILES string of the molecule is CCNC(=NCc1ccc(C(=O)N2CCNC(=O)C2)cc1)N1CCC(Cc2ccccc2)C1.I. The molecule has 2 aromatic carbocycles. The van der Waals surface area contributed by atoms with Crippen LogP contribution in [0.2, 0.25) is 0 Å². The minimum atomic E-state index is -0.107. The van der Waals surface area contributed by atoms with Crippen molar-refractivity contribution in [2.24, 2.45) is 10.9 Å². The van der Waals surface area contributed by atoms with Crippen molar-refractivity contribution in [1.29, 1.82) is 0 Å². The summed E-state index contributed by atoms with van der Waals surface area (Å²) < 4.78 is 0. The fourth-order valence-electron chi connectivity index (χ4n) is 4.48. The molecule has 2 aliphatic heterocycles. The molecule has 0 bridgehead atoms. The number of piperazine rings is 1. The summed E-state index contributed by atoms with van der Waals surface area (Å²) in [6.07, 6.45) is 2.27. The number of amides is 2. The molecule has 2 saturated heterocycles. The second-order valence-corrected chi connectivity index (χ2v) is 8.73. The summed E-state index contributed by atoms with van der Waals surface area (Å²) in [5, 5.41) is 6.18. The van der Waals surface area contributed by atoms with E-state index < -0.39 is 0 Å². The minimum Gasteiger partial charge on any atom is -0.357 e. The zero-order valence-corrected chi connectivity index (χ0v) is 22.0. The minimum absolute atomic E-state index is 0. The first kappa shape index (κ1) is 26.0. The Kier molecular flexibility index (Phi) is 9.74. The third kappa shape index (κ3) is 6.94. The van der Waals surface area contributed by atoms with Crippen molar-refractivity contribution in [3.63, 3.8) is 0 Å². The molecule has 0 saturated carbocycles. The molecule has 0 radical (unpaired) electrons. The Morgan fingerprint density at radius 3 is 2.53 bits per heavy atom. The van der Waals surface area contributed by atoms with Crippen LogP contribution in [0.5, 0.6) is 0 Å². The van der Waals surface area contributed by atoms with Crippen LogP contribution in [0, 0.1) is 5.92 Å². The van der Waals surface area contributed by atoms with Gasteiger partial charge in [-0.2, -0.15) is 0 Å². The van der Waals surface area contributed by atoms with Crippen molar-refractivity contribution < 1.29 is 9.59 Å². The molecule has 0 aromatic heterocycles. The highest BCUT2D eigenvalue weighted by atomic mass is 127. The van der Waals surface area contributed by atoms with Crippen LogP contribution in [0.3, 0.4) is 0 Å². The number of likely N-dealkylation sites (tertiary alicyclic amines) is 1. The van der Waals surface area contributed by atoms with E-state index in [1.807, 2.05) is 24.3 Å². The van der Waals surface area contributed by atoms with Gasteiger partial charge in [0, 0.05) is 38.3 Å². The number of aliphatic imine (C=N–C) groups is 1. The van der Waals surface area contributed by atoms with E-state index in [1.54, 1.807) is 4.90 Å². The largest absolute Gasteiger partial charge is 0.357 e. The van der Waals surface area contributed by atoms with Crippen LogP contribution in [-0.2, 0) is 17.8 Å². The van der Waals surface area contributed by atoms with E-state index in [0.717, 1.165) is 37.6 Å². The molecule has 2 N–H and O–H groups in total. The lowest BCUT2D eigenvalue weighted by Crippen LogP contribution is -2.49. The fraction of sp³-hybridized carbons (Fsp3) is 0.423. The summed E-state index contributed by atoms with van der Waals surface area (Å²) in [4.78, 5) is 33.0. The topological polar surface area (TPSA) is 77.0 Å². The molecular formula is C26H34IN5O2. The van der Waals surface area contributed by atoms with Gasteiger partial charge in [0.05, 0.1) is 13.1 Å². The summed E-state index contributed by atoms with van der Waals surface area (Å²) in [5.74, 6) is 1.38. The van der Waals surface area contributed by atoms with Gasteiger partial charge in [0.2, 0.25) is 5.91 Å². The van der Waals surface area contributed by atoms with Gasteiger partial charge >= 0.3 is 0 Å². The molecule has 4 rings (SSSR count). The second kappa shape index (κ2) is 12.7. The summed E-state index contributed by atoms with van der Waals surface area (Å²) >= 11 is 0. The predicted octanol–water partition coefficient (Wildman–Crippen LogP) is 2.91. The highest BCUT2D eigenvalue weighted by Gasteiger charge is 2.25. The molecule has 7 nitrogen and oxygen atoms in total. The van der Waals surface area contributed by atoms with Gasteiger partial charge in [-0.3, -0.25) is 9.59 Å². The standard InChI is InChI=1S/C26H33N5O2.HI/c1-2-27-26(31-14-12-22(18-31)16-20-6-4-3-5-7-20)29-17-21-8-10-23(11-9-21)25(33)30-15-13-28-24(32)19-30;/h3-11,22H,2,12-19H2,1H3,(H,27,29)(H,28,32);1H. The zero-order chi connectivity index (χ0) is 23.0. The van der Waals surface area contributed by atoms with Crippen LogP contribution in [0.25, 0.3) is 0 Å². The van der Waals surface area contributed by atoms with E-state index in [9.17, 15) is 9.59 Å². The van der Waals surface area contributed by atoms with Crippen LogP contribution in [0.4, 0.5) is 0 Å². The van der Waals surface area contributed by atoms with E-state index in [2.05, 4.69) is 52.8 Å². The maximum absolute atomic E-state index is 12.6. The van der Waals surface area contributed by atoms with E-state index in [1.165, 1.54) is 12.0 Å². The van der Waals surface area contributed by atoms with Crippen molar-refractivity contribution in [2.45, 2.75) is 26.3 Å². The van der Waals surface area contributed by atoms with Crippen molar-refractivity contribution in [1.82, 2.24) is 20.4 Å². The van der Waals surface area contributed by atoms with Gasteiger partial charge in [-0.05, 0) is 48.9 Å². The molecule has 1 unspecified atom stereocenters. The molecule has 34 heavy (non-hydrogen) atoms. The molecule has 0 spiro atoms. The van der Waals surface area contributed by atoms with Gasteiger partial charge < -0.3 is 20.4 Å². The number of hydrogen-bond donors (Lipinski definition) is 2. The molecule has 8 heteroatoms. The van der Waals surface area contributed by atoms with E-state index in [-0.39, 0.29) is 42.3 Å². The Bertz CT molecular complexity index is 980. The first-order valence-electron chi connectivity index (χ1n) is 11.8. The van der Waals surface area contributed by atoms with E-state index in [4.69, 9.17) is 4.99 Å². The van der Waals surface area contributed by atoms with Gasteiger partial charge in [0.25, 0.3) is 5.91 Å². The number of guanidine groups is 1. The molecule has 0 aliphatic carbocycles. The number of hydrogen-bond acceptors (Lipinski definition) is 3. The normalized spacial score (nSPS) is 18.3. The van der Waals surface area contributed by atoms with Crippen molar-refractivity contribution in [3.8, 4) is 0 Å². The summed E-state index contributed by atoms with van der Waals surface area (Å²) in [5.41, 5.74) is 3.05. The van der Waals surface area contributed by atoms with Crippen molar-refractivity contribution in [3.05, 3.63) is 71.3 Å². The lowest BCUT2D eigenvalue weighted by atomic mass is 9.99. The average Bonchev–Trinajstić information content (AvgIpc) is 3.30. The molecule has 2 fully saturated rings. The van der Waals surface area contributed by atoms with Crippen molar-refractivity contribution in [2.75, 3.05) is 39.3 Å². The third-order valence-corrected chi connectivity index (χ3v) is 6.23. The molecule has 182 valence electrons. The molecular weight excluding hydrogens is 541 g/mol. The molecule has 2 aliphatic rings. The average molecular weight is 575 g/mol. The number of carbonyl (C=O) groups is 2. The Morgan fingerprint density at radius 2 is 1.82 bits per heavy atom. The van der Waals surface area contributed by atoms with Crippen molar-refractivity contribution >= 4 is 41.8 Å². The lowest BCUT2D eigenvalue weighted by molar-refractivity contribution is -0.123. The van der Waals surface area contributed by atoms with Crippen LogP contribution >= 0.6 is 24.0 Å². The van der Waals surface area contributed by atoms with Gasteiger partial charge in [0.1, 0.15) is 0 Å². The Balaban J connectivity index is 0.00000324. The number of nitrogens with one attached hydrogen (secondary N) is 2. The third-order valence-electron chi connectivity index (χ3n) is 6.23. The number of carbonyl (C=O) groups excluding carboxylic acids is 2. The van der Waals surface area contributed by atoms with Gasteiger partial charge in [-0.25, -0.2) is 4.99 Å². The fourth-order valence-corrected chi connectivity index (χ4v) is 4.48. The monoisotopic (exact) mass is 575 g/mol. The quantitative estimate of drug-likeness (QED) is 0.316. The number of rotatable bonds is 6. The highest BCUT2D eigenvalue weighted by molar-refractivity contribution is 14.0. The van der Waals surface area contributed by atoms with Crippen LogP contribution in [0.1, 0.15) is 34.8 Å². The first-order valence-corrected chi connectivity index (χ1v) is 11.8. The smallest absolute Gasteiger partial charge is 0.254 e. The van der Waals surface area contributed by atoms with Gasteiger partial charge in [-0.1, -0.05) is 42.5 Å². The lowest BCUT2D eigenvalue weighted by Gasteiger charge is -2.26. The number of nitrogens with zero attached hydrogens (tertiary/aromatic N) is 3. The summed E-state index contributed by atoms with van der Waals surface area (Å²) in [6.45, 7) is 6.68. The van der Waals surface area contributed by atoms with E-state index >= 15 is 0 Å². The summed E-state index contributed by atoms with van der Waals surface area (Å²) in [6, 6.07) is 18.3. The second-order valence-electron chi connectivity index (χ2n) is 8.73. The maximum atomic E-state index is 12.6. The number of halogens is 1. The predicted molar refractivity (Wildman–Crippen MR) is 145 cm³/mol. The van der Waals surface area contributed by atoms with Crippen LogP contribution in [-0.4, -0.2) is 66.8 Å².